The molecule has 1 atom stereocenters. The Labute approximate surface area is 178 Å². The van der Waals surface area contributed by atoms with E-state index in [1.54, 1.807) is 0 Å². The van der Waals surface area contributed by atoms with Crippen LogP contribution in [0.3, 0.4) is 0 Å². The fraction of sp³-hybridized carbons (Fsp3) is 0.875. The lowest BCUT2D eigenvalue weighted by molar-refractivity contribution is -0.139. The van der Waals surface area contributed by atoms with E-state index in [-0.39, 0.29) is 24.7 Å². The SMILES string of the molecule is CCCCCCCCCCCCCCC(=O)C(=O)N[C@H](CCC(=O)O)CC(C)C. The van der Waals surface area contributed by atoms with E-state index in [9.17, 15) is 14.4 Å². The van der Waals surface area contributed by atoms with Gasteiger partial charge in [0.1, 0.15) is 0 Å². The molecule has 0 fully saturated rings. The molecular formula is C24H45NO4. The molecule has 0 rings (SSSR count). The number of amides is 1. The van der Waals surface area contributed by atoms with E-state index in [0.29, 0.717) is 18.8 Å². The van der Waals surface area contributed by atoms with Gasteiger partial charge in [0.05, 0.1) is 0 Å². The summed E-state index contributed by atoms with van der Waals surface area (Å²) in [5.41, 5.74) is 0. The molecule has 1 amide bonds. The van der Waals surface area contributed by atoms with Crippen LogP contribution < -0.4 is 5.32 Å². The molecular weight excluding hydrogens is 366 g/mol. The van der Waals surface area contributed by atoms with Gasteiger partial charge < -0.3 is 10.4 Å². The van der Waals surface area contributed by atoms with Gasteiger partial charge in [-0.1, -0.05) is 91.4 Å². The third-order valence-corrected chi connectivity index (χ3v) is 5.31. The molecule has 0 spiro atoms. The van der Waals surface area contributed by atoms with Gasteiger partial charge in [-0.15, -0.1) is 0 Å². The number of carbonyl (C=O) groups excluding carboxylic acids is 2. The number of hydrogen-bond acceptors (Lipinski definition) is 3. The summed E-state index contributed by atoms with van der Waals surface area (Å²) in [7, 11) is 0. The maximum atomic E-state index is 12.1. The minimum absolute atomic E-state index is 0.00456. The quantitative estimate of drug-likeness (QED) is 0.189. The summed E-state index contributed by atoms with van der Waals surface area (Å²) in [5, 5.41) is 11.6. The van der Waals surface area contributed by atoms with Crippen molar-refractivity contribution in [3.05, 3.63) is 0 Å². The van der Waals surface area contributed by atoms with Crippen molar-refractivity contribution in [3.8, 4) is 0 Å². The van der Waals surface area contributed by atoms with E-state index < -0.39 is 11.9 Å². The van der Waals surface area contributed by atoms with Crippen LogP contribution in [0.15, 0.2) is 0 Å². The van der Waals surface area contributed by atoms with Crippen LogP contribution in [-0.4, -0.2) is 28.8 Å². The minimum atomic E-state index is -0.879. The number of nitrogens with one attached hydrogen (secondary N) is 1. The van der Waals surface area contributed by atoms with E-state index in [2.05, 4.69) is 12.2 Å². The van der Waals surface area contributed by atoms with Crippen molar-refractivity contribution in [2.75, 3.05) is 0 Å². The van der Waals surface area contributed by atoms with Gasteiger partial charge in [-0.05, 0) is 25.2 Å². The number of carbonyl (C=O) groups is 3. The normalized spacial score (nSPS) is 12.1. The molecule has 0 aromatic heterocycles. The maximum absolute atomic E-state index is 12.1. The molecule has 0 radical (unpaired) electrons. The molecule has 0 aromatic rings. The minimum Gasteiger partial charge on any atom is -0.481 e. The number of aliphatic carboxylic acids is 1. The topological polar surface area (TPSA) is 83.5 Å². The first-order valence-electron chi connectivity index (χ1n) is 11.9. The second-order valence-electron chi connectivity index (χ2n) is 8.79. The molecule has 0 aliphatic carbocycles. The summed E-state index contributed by atoms with van der Waals surface area (Å²) in [6, 6.07) is -0.246. The first-order valence-corrected chi connectivity index (χ1v) is 11.9. The molecule has 5 nitrogen and oxygen atoms in total. The molecule has 5 heteroatoms. The summed E-state index contributed by atoms with van der Waals surface area (Å²) in [6.07, 6.45) is 16.1. The zero-order chi connectivity index (χ0) is 21.9. The van der Waals surface area contributed by atoms with Gasteiger partial charge in [0.2, 0.25) is 5.78 Å². The van der Waals surface area contributed by atoms with E-state index in [4.69, 9.17) is 5.11 Å². The number of carboxylic acids is 1. The molecule has 29 heavy (non-hydrogen) atoms. The Morgan fingerprint density at radius 1 is 0.759 bits per heavy atom. The van der Waals surface area contributed by atoms with Crippen LogP contribution >= 0.6 is 0 Å². The second kappa shape index (κ2) is 18.6. The molecule has 0 bridgehead atoms. The Bertz CT molecular complexity index is 448. The number of carboxylic acid groups (broad SMARTS) is 1. The third kappa shape index (κ3) is 18.4. The monoisotopic (exact) mass is 411 g/mol. The van der Waals surface area contributed by atoms with Crippen LogP contribution in [-0.2, 0) is 14.4 Å². The van der Waals surface area contributed by atoms with Crippen molar-refractivity contribution < 1.29 is 19.5 Å². The summed E-state index contributed by atoms with van der Waals surface area (Å²) in [4.78, 5) is 34.9. The average Bonchev–Trinajstić information content (AvgIpc) is 2.66. The van der Waals surface area contributed by atoms with Gasteiger partial charge in [-0.25, -0.2) is 0 Å². The summed E-state index contributed by atoms with van der Waals surface area (Å²) in [6.45, 7) is 6.29. The zero-order valence-corrected chi connectivity index (χ0v) is 19.1. The fourth-order valence-corrected chi connectivity index (χ4v) is 3.62. The van der Waals surface area contributed by atoms with Crippen molar-refractivity contribution in [1.29, 1.82) is 0 Å². The Balaban J connectivity index is 3.78. The van der Waals surface area contributed by atoms with Gasteiger partial charge in [-0.2, -0.15) is 0 Å². The van der Waals surface area contributed by atoms with Gasteiger partial charge >= 0.3 is 5.97 Å². The highest BCUT2D eigenvalue weighted by atomic mass is 16.4. The number of ketones is 1. The molecule has 0 aliphatic rings. The molecule has 0 saturated carbocycles. The number of unbranched alkanes of at least 4 members (excludes halogenated alkanes) is 11. The lowest BCUT2D eigenvalue weighted by Gasteiger charge is -2.19. The van der Waals surface area contributed by atoms with Gasteiger partial charge in [-0.3, -0.25) is 14.4 Å². The van der Waals surface area contributed by atoms with Crippen molar-refractivity contribution in [3.63, 3.8) is 0 Å². The summed E-state index contributed by atoms with van der Waals surface area (Å²) in [5.74, 6) is -1.47. The first kappa shape index (κ1) is 27.6. The molecule has 2 N–H and O–H groups in total. The van der Waals surface area contributed by atoms with Crippen LogP contribution in [0, 0.1) is 5.92 Å². The van der Waals surface area contributed by atoms with Crippen molar-refractivity contribution in [2.24, 2.45) is 5.92 Å². The number of hydrogen-bond donors (Lipinski definition) is 2. The van der Waals surface area contributed by atoms with E-state index in [1.165, 1.54) is 57.8 Å². The highest BCUT2D eigenvalue weighted by molar-refractivity contribution is 6.36. The van der Waals surface area contributed by atoms with Crippen molar-refractivity contribution in [2.45, 2.75) is 130 Å². The van der Waals surface area contributed by atoms with Crippen LogP contribution in [0.25, 0.3) is 0 Å². The predicted octanol–water partition coefficient (Wildman–Crippen LogP) is 6.04. The number of rotatable bonds is 20. The Kier molecular flexibility index (Phi) is 17.7. The lowest BCUT2D eigenvalue weighted by Crippen LogP contribution is -2.40. The van der Waals surface area contributed by atoms with Gasteiger partial charge in [0.15, 0.2) is 0 Å². The second-order valence-corrected chi connectivity index (χ2v) is 8.79. The largest absolute Gasteiger partial charge is 0.481 e. The summed E-state index contributed by atoms with van der Waals surface area (Å²) < 4.78 is 0. The molecule has 0 heterocycles. The molecule has 170 valence electrons. The van der Waals surface area contributed by atoms with Crippen LogP contribution in [0.2, 0.25) is 0 Å². The molecule has 0 aromatic carbocycles. The number of Topliss-reactive ketones (excluding diaryl/α,β-unsaturated/α-hetero) is 1. The fourth-order valence-electron chi connectivity index (χ4n) is 3.62. The van der Waals surface area contributed by atoms with E-state index in [1.807, 2.05) is 13.8 Å². The van der Waals surface area contributed by atoms with Gasteiger partial charge in [0, 0.05) is 18.9 Å². The lowest BCUT2D eigenvalue weighted by atomic mass is 9.99. The van der Waals surface area contributed by atoms with E-state index >= 15 is 0 Å². The predicted molar refractivity (Wildman–Crippen MR) is 119 cm³/mol. The summed E-state index contributed by atoms with van der Waals surface area (Å²) >= 11 is 0. The smallest absolute Gasteiger partial charge is 0.303 e. The van der Waals surface area contributed by atoms with Crippen LogP contribution in [0.4, 0.5) is 0 Å². The Morgan fingerprint density at radius 3 is 1.69 bits per heavy atom. The van der Waals surface area contributed by atoms with Crippen molar-refractivity contribution in [1.82, 2.24) is 5.32 Å². The van der Waals surface area contributed by atoms with Crippen LogP contribution in [0.1, 0.15) is 124 Å². The molecule has 0 aliphatic heterocycles. The van der Waals surface area contributed by atoms with Crippen LogP contribution in [0.5, 0.6) is 0 Å². The molecule has 0 saturated heterocycles. The Hall–Kier alpha value is -1.39. The molecule has 0 unspecified atom stereocenters. The van der Waals surface area contributed by atoms with Crippen molar-refractivity contribution >= 4 is 17.7 Å². The average molecular weight is 412 g/mol. The standard InChI is InChI=1S/C24H45NO4/c1-4-5-6-7-8-9-10-11-12-13-14-15-16-22(26)24(29)25-21(19-20(2)3)17-18-23(27)28/h20-21H,4-19H2,1-3H3,(H,25,29)(H,27,28)/t21-/m1/s1. The zero-order valence-electron chi connectivity index (χ0n) is 19.1. The third-order valence-electron chi connectivity index (χ3n) is 5.31. The first-order chi connectivity index (χ1) is 13.9. The highest BCUT2D eigenvalue weighted by Crippen LogP contribution is 2.13. The Morgan fingerprint density at radius 2 is 1.24 bits per heavy atom. The highest BCUT2D eigenvalue weighted by Gasteiger charge is 2.19. The maximum Gasteiger partial charge on any atom is 0.303 e. The van der Waals surface area contributed by atoms with E-state index in [0.717, 1.165) is 19.3 Å². The van der Waals surface area contributed by atoms with Gasteiger partial charge in [0.25, 0.3) is 5.91 Å².